The van der Waals surface area contributed by atoms with E-state index in [0.717, 1.165) is 4.90 Å². The van der Waals surface area contributed by atoms with Gasteiger partial charge in [0.2, 0.25) is 5.91 Å². The third-order valence-corrected chi connectivity index (χ3v) is 4.61. The standard InChI is InChI=1S/C14H13ClN2O2S2/c15-10-3-5-11(6-4-10)20-9-7-13(18)16-17-14(19)12-2-1-8-21-12/h1-6,8H,7,9H2,(H,16,18)(H,17,19). The molecular weight excluding hydrogens is 328 g/mol. The highest BCUT2D eigenvalue weighted by atomic mass is 35.5. The van der Waals surface area contributed by atoms with Crippen LogP contribution >= 0.6 is 34.7 Å². The molecule has 0 saturated heterocycles. The van der Waals surface area contributed by atoms with Crippen molar-refractivity contribution < 1.29 is 9.59 Å². The average molecular weight is 341 g/mol. The highest BCUT2D eigenvalue weighted by molar-refractivity contribution is 7.99. The van der Waals surface area contributed by atoms with Crippen LogP contribution in [0, 0.1) is 0 Å². The number of thiophene rings is 1. The third kappa shape index (κ3) is 5.41. The molecule has 7 heteroatoms. The summed E-state index contributed by atoms with van der Waals surface area (Å²) in [5.74, 6) is 0.104. The molecule has 4 nitrogen and oxygen atoms in total. The van der Waals surface area contributed by atoms with Crippen molar-refractivity contribution in [2.45, 2.75) is 11.3 Å². The summed E-state index contributed by atoms with van der Waals surface area (Å²) in [5, 5.41) is 2.49. The minimum atomic E-state index is -0.302. The first-order valence-corrected chi connectivity index (χ1v) is 8.40. The van der Waals surface area contributed by atoms with Crippen molar-refractivity contribution in [2.24, 2.45) is 0 Å². The summed E-state index contributed by atoms with van der Waals surface area (Å²) in [6.45, 7) is 0. The van der Waals surface area contributed by atoms with Crippen LogP contribution in [0.25, 0.3) is 0 Å². The van der Waals surface area contributed by atoms with E-state index in [0.29, 0.717) is 22.1 Å². The van der Waals surface area contributed by atoms with Crippen molar-refractivity contribution in [2.75, 3.05) is 5.75 Å². The molecule has 1 heterocycles. The van der Waals surface area contributed by atoms with E-state index in [9.17, 15) is 9.59 Å². The van der Waals surface area contributed by atoms with E-state index in [2.05, 4.69) is 10.9 Å². The number of hydrazine groups is 1. The van der Waals surface area contributed by atoms with Gasteiger partial charge < -0.3 is 0 Å². The van der Waals surface area contributed by atoms with E-state index in [1.54, 1.807) is 29.3 Å². The van der Waals surface area contributed by atoms with Gasteiger partial charge in [0, 0.05) is 22.1 Å². The number of thioether (sulfide) groups is 1. The van der Waals surface area contributed by atoms with Crippen LogP contribution in [-0.4, -0.2) is 17.6 Å². The van der Waals surface area contributed by atoms with Crippen LogP contribution in [0.2, 0.25) is 5.02 Å². The fourth-order valence-electron chi connectivity index (χ4n) is 1.45. The molecule has 0 saturated carbocycles. The molecule has 0 aliphatic rings. The summed E-state index contributed by atoms with van der Waals surface area (Å²) in [5.41, 5.74) is 4.79. The summed E-state index contributed by atoms with van der Waals surface area (Å²) in [6, 6.07) is 10.9. The van der Waals surface area contributed by atoms with E-state index in [-0.39, 0.29) is 11.8 Å². The lowest BCUT2D eigenvalue weighted by molar-refractivity contribution is -0.121. The zero-order valence-electron chi connectivity index (χ0n) is 11.0. The molecule has 0 aliphatic heterocycles. The topological polar surface area (TPSA) is 58.2 Å². The van der Waals surface area contributed by atoms with E-state index in [1.807, 2.05) is 24.3 Å². The van der Waals surface area contributed by atoms with Crippen molar-refractivity contribution in [3.8, 4) is 0 Å². The van der Waals surface area contributed by atoms with Crippen molar-refractivity contribution >= 4 is 46.5 Å². The normalized spacial score (nSPS) is 10.1. The molecule has 0 spiro atoms. The second-order valence-electron chi connectivity index (χ2n) is 4.03. The highest BCUT2D eigenvalue weighted by Crippen LogP contribution is 2.20. The van der Waals surface area contributed by atoms with Crippen LogP contribution in [0.15, 0.2) is 46.7 Å². The predicted molar refractivity (Wildman–Crippen MR) is 86.7 cm³/mol. The maximum atomic E-state index is 11.6. The molecule has 1 aromatic carbocycles. The number of carbonyl (C=O) groups is 2. The molecule has 2 rings (SSSR count). The number of rotatable bonds is 5. The number of benzene rings is 1. The SMILES string of the molecule is O=C(CCSc1ccc(Cl)cc1)NNC(=O)c1cccs1. The minimum Gasteiger partial charge on any atom is -0.273 e. The first-order valence-electron chi connectivity index (χ1n) is 6.16. The van der Waals surface area contributed by atoms with Gasteiger partial charge in [-0.3, -0.25) is 20.4 Å². The zero-order valence-corrected chi connectivity index (χ0v) is 13.4. The summed E-state index contributed by atoms with van der Waals surface area (Å²) in [6.07, 6.45) is 0.317. The molecule has 0 atom stereocenters. The number of carbonyl (C=O) groups excluding carboxylic acids is 2. The molecule has 0 unspecified atom stereocenters. The van der Waals surface area contributed by atoms with E-state index in [4.69, 9.17) is 11.6 Å². The van der Waals surface area contributed by atoms with E-state index >= 15 is 0 Å². The maximum Gasteiger partial charge on any atom is 0.279 e. The Balaban J connectivity index is 1.66. The zero-order chi connectivity index (χ0) is 15.1. The van der Waals surface area contributed by atoms with Crippen molar-refractivity contribution in [1.82, 2.24) is 10.9 Å². The fraction of sp³-hybridized carbons (Fsp3) is 0.143. The van der Waals surface area contributed by atoms with Gasteiger partial charge >= 0.3 is 0 Å². The van der Waals surface area contributed by atoms with Gasteiger partial charge in [0.25, 0.3) is 5.91 Å². The second kappa shape index (κ2) is 8.07. The van der Waals surface area contributed by atoms with Gasteiger partial charge in [0.15, 0.2) is 0 Å². The van der Waals surface area contributed by atoms with E-state index < -0.39 is 0 Å². The number of hydrogen-bond acceptors (Lipinski definition) is 4. The molecule has 110 valence electrons. The Morgan fingerprint density at radius 2 is 1.90 bits per heavy atom. The molecule has 1 aromatic heterocycles. The Morgan fingerprint density at radius 1 is 1.14 bits per heavy atom. The molecule has 2 aromatic rings. The van der Waals surface area contributed by atoms with Crippen LogP contribution in [0.4, 0.5) is 0 Å². The third-order valence-electron chi connectivity index (χ3n) is 2.47. The fourth-order valence-corrected chi connectivity index (χ4v) is 3.05. The van der Waals surface area contributed by atoms with Gasteiger partial charge in [-0.05, 0) is 35.7 Å². The largest absolute Gasteiger partial charge is 0.279 e. The van der Waals surface area contributed by atoms with E-state index in [1.165, 1.54) is 11.3 Å². The number of amides is 2. The summed E-state index contributed by atoms with van der Waals surface area (Å²) >= 11 is 8.68. The smallest absolute Gasteiger partial charge is 0.273 e. The lowest BCUT2D eigenvalue weighted by Gasteiger charge is -2.06. The quantitative estimate of drug-likeness (QED) is 0.648. The van der Waals surface area contributed by atoms with Gasteiger partial charge in [-0.15, -0.1) is 23.1 Å². The summed E-state index contributed by atoms with van der Waals surface area (Å²) < 4.78 is 0. The molecule has 2 amide bonds. The predicted octanol–water partition coefficient (Wildman–Crippen LogP) is 3.34. The van der Waals surface area contributed by atoms with Crippen LogP contribution < -0.4 is 10.9 Å². The second-order valence-corrected chi connectivity index (χ2v) is 6.58. The molecule has 0 bridgehead atoms. The van der Waals surface area contributed by atoms with Crippen LogP contribution in [-0.2, 0) is 4.79 Å². The Hall–Kier alpha value is -1.50. The first-order chi connectivity index (χ1) is 10.1. The minimum absolute atomic E-state index is 0.221. The van der Waals surface area contributed by atoms with Crippen molar-refractivity contribution in [3.63, 3.8) is 0 Å². The maximum absolute atomic E-state index is 11.6. The molecular formula is C14H13ClN2O2S2. The summed E-state index contributed by atoms with van der Waals surface area (Å²) in [7, 11) is 0. The summed E-state index contributed by atoms with van der Waals surface area (Å²) in [4.78, 5) is 24.8. The molecule has 0 radical (unpaired) electrons. The van der Waals surface area contributed by atoms with Gasteiger partial charge in [-0.25, -0.2) is 0 Å². The average Bonchev–Trinajstić information content (AvgIpc) is 3.01. The lowest BCUT2D eigenvalue weighted by Crippen LogP contribution is -2.41. The Morgan fingerprint density at radius 3 is 2.57 bits per heavy atom. The Labute approximate surface area is 135 Å². The van der Waals surface area contributed by atoms with Gasteiger partial charge in [0.05, 0.1) is 4.88 Å². The molecule has 2 N–H and O–H groups in total. The van der Waals surface area contributed by atoms with Crippen molar-refractivity contribution in [1.29, 1.82) is 0 Å². The van der Waals surface area contributed by atoms with Gasteiger partial charge in [-0.1, -0.05) is 17.7 Å². The van der Waals surface area contributed by atoms with Gasteiger partial charge in [0.1, 0.15) is 0 Å². The lowest BCUT2D eigenvalue weighted by atomic mass is 10.4. The van der Waals surface area contributed by atoms with Crippen LogP contribution in [0.5, 0.6) is 0 Å². The van der Waals surface area contributed by atoms with Gasteiger partial charge in [-0.2, -0.15) is 0 Å². The van der Waals surface area contributed by atoms with Crippen LogP contribution in [0.1, 0.15) is 16.1 Å². The highest BCUT2D eigenvalue weighted by Gasteiger charge is 2.07. The molecule has 21 heavy (non-hydrogen) atoms. The van der Waals surface area contributed by atoms with Crippen LogP contribution in [0.3, 0.4) is 0 Å². The Bertz CT molecular complexity index is 600. The molecule has 0 fully saturated rings. The Kier molecular flexibility index (Phi) is 6.10. The number of hydrogen-bond donors (Lipinski definition) is 2. The molecule has 0 aliphatic carbocycles. The van der Waals surface area contributed by atoms with Crippen molar-refractivity contribution in [3.05, 3.63) is 51.7 Å². The first kappa shape index (κ1) is 15.9. The number of nitrogens with one attached hydrogen (secondary N) is 2. The monoisotopic (exact) mass is 340 g/mol. The number of halogens is 1.